The van der Waals surface area contributed by atoms with Crippen LogP contribution in [-0.2, 0) is 7.05 Å². The van der Waals surface area contributed by atoms with Gasteiger partial charge in [-0.15, -0.1) is 0 Å². The van der Waals surface area contributed by atoms with Crippen molar-refractivity contribution < 1.29 is 9.84 Å². The molecule has 0 saturated carbocycles. The molecule has 0 fully saturated rings. The molecule has 0 aliphatic rings. The number of aliphatic hydroxyl groups is 1. The number of hydrogen-bond donors (Lipinski definition) is 2. The minimum absolute atomic E-state index is 0.206. The van der Waals surface area contributed by atoms with E-state index in [0.29, 0.717) is 0 Å². The Morgan fingerprint density at radius 1 is 1.50 bits per heavy atom. The maximum atomic E-state index is 9.87. The molecule has 1 atom stereocenters. The Hall–Kier alpha value is -1.52. The van der Waals surface area contributed by atoms with E-state index in [0.717, 1.165) is 22.2 Å². The maximum Gasteiger partial charge on any atom is 0.128 e. The van der Waals surface area contributed by atoms with Gasteiger partial charge in [0.25, 0.3) is 0 Å². The lowest BCUT2D eigenvalue weighted by Gasteiger charge is -2.08. The molecule has 2 rings (SSSR count). The number of methoxy groups -OCH3 is 1. The Balaban J connectivity index is 2.74. The summed E-state index contributed by atoms with van der Waals surface area (Å²) in [5, 5.41) is 10.8. The third-order valence-corrected chi connectivity index (χ3v) is 2.81. The van der Waals surface area contributed by atoms with Crippen LogP contribution in [-0.4, -0.2) is 23.3 Å². The number of nitrogens with two attached hydrogens (primary N) is 1. The first kappa shape index (κ1) is 11.0. The quantitative estimate of drug-likeness (QED) is 0.816. The van der Waals surface area contributed by atoms with Crippen LogP contribution in [0.4, 0.5) is 0 Å². The lowest BCUT2D eigenvalue weighted by Crippen LogP contribution is -2.11. The van der Waals surface area contributed by atoms with E-state index in [4.69, 9.17) is 10.5 Å². The fourth-order valence-corrected chi connectivity index (χ4v) is 2.00. The number of fused-ring (bicyclic) bond motifs is 1. The van der Waals surface area contributed by atoms with Crippen LogP contribution >= 0.6 is 0 Å². The molecular formula is C12H16N2O2. The molecule has 4 nitrogen and oxygen atoms in total. The second kappa shape index (κ2) is 4.15. The van der Waals surface area contributed by atoms with E-state index in [2.05, 4.69) is 0 Å². The molecule has 0 radical (unpaired) electrons. The van der Waals surface area contributed by atoms with Gasteiger partial charge in [0.2, 0.25) is 0 Å². The van der Waals surface area contributed by atoms with Gasteiger partial charge < -0.3 is 20.1 Å². The van der Waals surface area contributed by atoms with Gasteiger partial charge in [-0.1, -0.05) is 6.07 Å². The molecule has 86 valence electrons. The normalized spacial score (nSPS) is 13.0. The number of ether oxygens (including phenoxy) is 1. The van der Waals surface area contributed by atoms with E-state index in [9.17, 15) is 5.11 Å². The summed E-state index contributed by atoms with van der Waals surface area (Å²) in [6.07, 6.45) is 1.24. The number of aliphatic hydroxyl groups excluding tert-OH is 1. The topological polar surface area (TPSA) is 60.4 Å². The monoisotopic (exact) mass is 220 g/mol. The molecule has 0 aliphatic heterocycles. The van der Waals surface area contributed by atoms with Gasteiger partial charge in [0.15, 0.2) is 0 Å². The molecule has 3 N–H and O–H groups in total. The van der Waals surface area contributed by atoms with Gasteiger partial charge >= 0.3 is 0 Å². The average molecular weight is 220 g/mol. The molecule has 1 aromatic carbocycles. The van der Waals surface area contributed by atoms with Crippen LogP contribution in [0.25, 0.3) is 10.9 Å². The van der Waals surface area contributed by atoms with Gasteiger partial charge in [-0.3, -0.25) is 0 Å². The Labute approximate surface area is 94.2 Å². The second-order valence-electron chi connectivity index (χ2n) is 3.80. The molecule has 0 spiro atoms. The van der Waals surface area contributed by atoms with E-state index in [1.807, 2.05) is 36.0 Å². The van der Waals surface area contributed by atoms with Gasteiger partial charge in [0, 0.05) is 30.7 Å². The summed E-state index contributed by atoms with van der Waals surface area (Å²) in [5.41, 5.74) is 7.34. The van der Waals surface area contributed by atoms with Crippen molar-refractivity contribution in [1.82, 2.24) is 4.57 Å². The predicted molar refractivity (Wildman–Crippen MR) is 63.5 cm³/mol. The first-order valence-electron chi connectivity index (χ1n) is 5.19. The lowest BCUT2D eigenvalue weighted by molar-refractivity contribution is 0.188. The van der Waals surface area contributed by atoms with Crippen LogP contribution < -0.4 is 10.5 Å². The zero-order chi connectivity index (χ0) is 11.7. The summed E-state index contributed by atoms with van der Waals surface area (Å²) >= 11 is 0. The Morgan fingerprint density at radius 2 is 2.25 bits per heavy atom. The fraction of sp³-hybridized carbons (Fsp3) is 0.333. The molecule has 0 aliphatic carbocycles. The van der Waals surface area contributed by atoms with Crippen LogP contribution in [0.15, 0.2) is 24.4 Å². The zero-order valence-corrected chi connectivity index (χ0v) is 9.47. The van der Waals surface area contributed by atoms with Crippen LogP contribution in [0.5, 0.6) is 5.75 Å². The third-order valence-electron chi connectivity index (χ3n) is 2.81. The molecular weight excluding hydrogens is 204 g/mol. The summed E-state index contributed by atoms with van der Waals surface area (Å²) in [4.78, 5) is 0. The van der Waals surface area contributed by atoms with E-state index in [1.54, 1.807) is 7.11 Å². The minimum atomic E-state index is -0.653. The van der Waals surface area contributed by atoms with E-state index < -0.39 is 6.10 Å². The molecule has 1 heterocycles. The first-order chi connectivity index (χ1) is 7.69. The lowest BCUT2D eigenvalue weighted by atomic mass is 10.1. The largest absolute Gasteiger partial charge is 0.496 e. The zero-order valence-electron chi connectivity index (χ0n) is 9.47. The van der Waals surface area contributed by atoms with Gasteiger partial charge in [0.05, 0.1) is 18.7 Å². The molecule has 2 aromatic rings. The first-order valence-corrected chi connectivity index (χ1v) is 5.19. The highest BCUT2D eigenvalue weighted by Crippen LogP contribution is 2.33. The van der Waals surface area contributed by atoms with Gasteiger partial charge in [-0.25, -0.2) is 0 Å². The van der Waals surface area contributed by atoms with Crippen molar-refractivity contribution in [2.24, 2.45) is 12.8 Å². The number of nitrogens with zero attached hydrogens (tertiary/aromatic N) is 1. The Morgan fingerprint density at radius 3 is 2.88 bits per heavy atom. The molecule has 1 aromatic heterocycles. The molecule has 0 bridgehead atoms. The van der Waals surface area contributed by atoms with Gasteiger partial charge in [-0.05, 0) is 12.1 Å². The summed E-state index contributed by atoms with van der Waals surface area (Å²) in [6, 6.07) is 5.80. The van der Waals surface area contributed by atoms with E-state index >= 15 is 0 Å². The minimum Gasteiger partial charge on any atom is -0.496 e. The summed E-state index contributed by atoms with van der Waals surface area (Å²) in [5.74, 6) is 0.764. The number of hydrogen-bond acceptors (Lipinski definition) is 3. The number of aryl methyl sites for hydroxylation is 1. The van der Waals surface area contributed by atoms with Crippen LogP contribution in [0.1, 0.15) is 11.7 Å². The van der Waals surface area contributed by atoms with Gasteiger partial charge in [0.1, 0.15) is 5.75 Å². The predicted octanol–water partition coefficient (Wildman–Crippen LogP) is 1.18. The fourth-order valence-electron chi connectivity index (χ4n) is 2.00. The van der Waals surface area contributed by atoms with Crippen molar-refractivity contribution in [2.75, 3.05) is 13.7 Å². The molecule has 4 heteroatoms. The smallest absolute Gasteiger partial charge is 0.128 e. The van der Waals surface area contributed by atoms with Crippen LogP contribution in [0, 0.1) is 0 Å². The highest BCUT2D eigenvalue weighted by molar-refractivity contribution is 5.90. The SMILES string of the molecule is COc1cccc2c1c(C(O)CN)cn2C. The van der Waals surface area contributed by atoms with E-state index in [-0.39, 0.29) is 6.54 Å². The third kappa shape index (κ3) is 1.56. The summed E-state index contributed by atoms with van der Waals surface area (Å²) in [7, 11) is 3.56. The number of aromatic nitrogens is 1. The molecule has 0 amide bonds. The van der Waals surface area contributed by atoms with Crippen molar-refractivity contribution in [3.63, 3.8) is 0 Å². The van der Waals surface area contributed by atoms with Crippen molar-refractivity contribution in [3.05, 3.63) is 30.0 Å². The van der Waals surface area contributed by atoms with Crippen LogP contribution in [0.3, 0.4) is 0 Å². The molecule has 1 unspecified atom stereocenters. The summed E-state index contributed by atoms with van der Waals surface area (Å²) < 4.78 is 7.28. The van der Waals surface area contributed by atoms with Crippen molar-refractivity contribution in [1.29, 1.82) is 0 Å². The van der Waals surface area contributed by atoms with Crippen molar-refractivity contribution in [2.45, 2.75) is 6.10 Å². The second-order valence-corrected chi connectivity index (χ2v) is 3.80. The maximum absolute atomic E-state index is 9.87. The number of benzene rings is 1. The Bertz CT molecular complexity index is 505. The molecule has 16 heavy (non-hydrogen) atoms. The van der Waals surface area contributed by atoms with Crippen molar-refractivity contribution in [3.8, 4) is 5.75 Å². The van der Waals surface area contributed by atoms with Crippen molar-refractivity contribution >= 4 is 10.9 Å². The average Bonchev–Trinajstić information content (AvgIpc) is 2.66. The highest BCUT2D eigenvalue weighted by atomic mass is 16.5. The van der Waals surface area contributed by atoms with Crippen LogP contribution in [0.2, 0.25) is 0 Å². The summed E-state index contributed by atoms with van der Waals surface area (Å²) in [6.45, 7) is 0.206. The Kier molecular flexibility index (Phi) is 2.85. The molecule has 0 saturated heterocycles. The standard InChI is InChI=1S/C12H16N2O2/c1-14-7-8(10(15)6-13)12-9(14)4-3-5-11(12)16-2/h3-5,7,10,15H,6,13H2,1-2H3. The van der Waals surface area contributed by atoms with E-state index in [1.165, 1.54) is 0 Å². The van der Waals surface area contributed by atoms with Gasteiger partial charge in [-0.2, -0.15) is 0 Å². The number of rotatable bonds is 3. The highest BCUT2D eigenvalue weighted by Gasteiger charge is 2.16.